The third-order valence-electron chi connectivity index (χ3n) is 4.79. The van der Waals surface area contributed by atoms with E-state index in [2.05, 4.69) is 13.8 Å². The molecule has 1 fully saturated rings. The second kappa shape index (κ2) is 4.87. The molecule has 0 heterocycles. The van der Waals surface area contributed by atoms with Gasteiger partial charge in [-0.3, -0.25) is 9.59 Å². The lowest BCUT2D eigenvalue weighted by Gasteiger charge is -2.47. The molecule has 0 spiro atoms. The lowest BCUT2D eigenvalue weighted by Crippen LogP contribution is -2.46. The van der Waals surface area contributed by atoms with Crippen LogP contribution in [0.4, 0.5) is 0 Å². The molecule has 3 heteroatoms. The summed E-state index contributed by atoms with van der Waals surface area (Å²) in [6.45, 7) is 6.58. The Labute approximate surface area is 109 Å². The summed E-state index contributed by atoms with van der Waals surface area (Å²) in [6, 6.07) is 0. The molecule has 0 N–H and O–H groups in total. The highest BCUT2D eigenvalue weighted by Gasteiger charge is 2.48. The smallest absolute Gasteiger partial charge is 0.312 e. The topological polar surface area (TPSA) is 43.4 Å². The molecule has 4 atom stereocenters. The molecule has 0 saturated heterocycles. The van der Waals surface area contributed by atoms with Gasteiger partial charge in [0.1, 0.15) is 5.78 Å². The lowest BCUT2D eigenvalue weighted by atomic mass is 9.56. The van der Waals surface area contributed by atoms with Crippen LogP contribution in [0.25, 0.3) is 0 Å². The third kappa shape index (κ3) is 2.11. The molecule has 0 bridgehead atoms. The zero-order valence-corrected chi connectivity index (χ0v) is 11.4. The average Bonchev–Trinajstić information content (AvgIpc) is 2.34. The molecular formula is C15H22O3. The van der Waals surface area contributed by atoms with Crippen LogP contribution >= 0.6 is 0 Å². The van der Waals surface area contributed by atoms with Gasteiger partial charge in [-0.25, -0.2) is 0 Å². The van der Waals surface area contributed by atoms with Crippen LogP contribution in [0.5, 0.6) is 0 Å². The number of esters is 1. The summed E-state index contributed by atoms with van der Waals surface area (Å²) in [7, 11) is 0. The van der Waals surface area contributed by atoms with Crippen molar-refractivity contribution in [2.45, 2.75) is 40.0 Å². The van der Waals surface area contributed by atoms with Crippen LogP contribution in [-0.2, 0) is 14.3 Å². The van der Waals surface area contributed by atoms with Crippen molar-refractivity contribution in [1.29, 1.82) is 0 Å². The van der Waals surface area contributed by atoms with Crippen LogP contribution in [0.2, 0.25) is 0 Å². The van der Waals surface area contributed by atoms with Gasteiger partial charge in [-0.05, 0) is 31.1 Å². The number of allylic oxidation sites excluding steroid dienone is 1. The maximum absolute atomic E-state index is 12.0. The Balaban J connectivity index is 2.22. The monoisotopic (exact) mass is 250 g/mol. The number of hydrogen-bond acceptors (Lipinski definition) is 3. The molecule has 0 aliphatic heterocycles. The molecule has 2 aliphatic carbocycles. The first kappa shape index (κ1) is 13.3. The highest BCUT2D eigenvalue weighted by molar-refractivity contribution is 5.85. The number of rotatable bonds is 2. The first-order valence-corrected chi connectivity index (χ1v) is 6.86. The van der Waals surface area contributed by atoms with Crippen molar-refractivity contribution in [2.75, 3.05) is 6.61 Å². The second-order valence-corrected chi connectivity index (χ2v) is 5.84. The molecule has 0 amide bonds. The van der Waals surface area contributed by atoms with Gasteiger partial charge in [-0.15, -0.1) is 0 Å². The fourth-order valence-electron chi connectivity index (χ4n) is 3.37. The second-order valence-electron chi connectivity index (χ2n) is 5.84. The molecule has 18 heavy (non-hydrogen) atoms. The molecule has 2 aliphatic rings. The van der Waals surface area contributed by atoms with E-state index < -0.39 is 0 Å². The van der Waals surface area contributed by atoms with E-state index in [9.17, 15) is 9.59 Å². The molecule has 1 saturated carbocycles. The molecule has 3 nitrogen and oxygen atoms in total. The van der Waals surface area contributed by atoms with Gasteiger partial charge in [0, 0.05) is 12.3 Å². The average molecular weight is 250 g/mol. The number of hydrogen-bond donors (Lipinski definition) is 0. The number of carbonyl (C=O) groups excluding carboxylic acids is 2. The van der Waals surface area contributed by atoms with E-state index in [1.54, 1.807) is 0 Å². The molecule has 0 aromatic carbocycles. The van der Waals surface area contributed by atoms with Gasteiger partial charge in [-0.2, -0.15) is 0 Å². The van der Waals surface area contributed by atoms with Crippen LogP contribution in [-0.4, -0.2) is 18.4 Å². The Kier molecular flexibility index (Phi) is 3.60. The minimum atomic E-state index is -0.181. The predicted molar refractivity (Wildman–Crippen MR) is 68.9 cm³/mol. The summed E-state index contributed by atoms with van der Waals surface area (Å²) in [4.78, 5) is 23.9. The Hall–Kier alpha value is -1.12. The highest BCUT2D eigenvalue weighted by atomic mass is 16.5. The Morgan fingerprint density at radius 1 is 1.50 bits per heavy atom. The molecular weight excluding hydrogens is 228 g/mol. The maximum Gasteiger partial charge on any atom is 0.312 e. The summed E-state index contributed by atoms with van der Waals surface area (Å²) in [5.41, 5.74) is -0.0818. The van der Waals surface area contributed by atoms with Gasteiger partial charge in [0.05, 0.1) is 12.5 Å². The van der Waals surface area contributed by atoms with Crippen molar-refractivity contribution < 1.29 is 14.3 Å². The van der Waals surface area contributed by atoms with Crippen LogP contribution in [0.3, 0.4) is 0 Å². The zero-order valence-electron chi connectivity index (χ0n) is 11.4. The van der Waals surface area contributed by atoms with Crippen molar-refractivity contribution in [2.24, 2.45) is 23.2 Å². The number of carbonyl (C=O) groups is 2. The molecule has 0 aromatic heterocycles. The van der Waals surface area contributed by atoms with Crippen LogP contribution in [0.15, 0.2) is 12.2 Å². The predicted octanol–water partition coefficient (Wildman–Crippen LogP) is 2.75. The summed E-state index contributed by atoms with van der Waals surface area (Å²) in [6.07, 6.45) is 6.17. The number of ether oxygens (including phenoxy) is 1. The van der Waals surface area contributed by atoms with Crippen LogP contribution in [0.1, 0.15) is 40.0 Å². The minimum Gasteiger partial charge on any atom is -0.466 e. The van der Waals surface area contributed by atoms with Crippen molar-refractivity contribution in [3.05, 3.63) is 12.2 Å². The lowest BCUT2D eigenvalue weighted by molar-refractivity contribution is -0.150. The van der Waals surface area contributed by atoms with Crippen molar-refractivity contribution >= 4 is 11.8 Å². The van der Waals surface area contributed by atoms with E-state index in [0.717, 1.165) is 12.8 Å². The van der Waals surface area contributed by atoms with E-state index in [-0.39, 0.29) is 23.2 Å². The van der Waals surface area contributed by atoms with Gasteiger partial charge >= 0.3 is 5.97 Å². The van der Waals surface area contributed by atoms with Crippen molar-refractivity contribution in [3.63, 3.8) is 0 Å². The van der Waals surface area contributed by atoms with Gasteiger partial charge in [0.25, 0.3) is 0 Å². The molecule has 0 radical (unpaired) electrons. The van der Waals surface area contributed by atoms with E-state index in [1.165, 1.54) is 0 Å². The number of Topliss-reactive ketones (excluding diaryl/α,β-unsaturated/α-hetero) is 1. The Morgan fingerprint density at radius 2 is 2.22 bits per heavy atom. The van der Waals surface area contributed by atoms with Gasteiger partial charge < -0.3 is 4.74 Å². The molecule has 2 rings (SSSR count). The first-order valence-electron chi connectivity index (χ1n) is 6.86. The fraction of sp³-hybridized carbons (Fsp3) is 0.733. The SMILES string of the molecule is CCOC(=O)[C@H]1C=C[C@@H]2C(=O)CC[C@@H](C)[C@]2(C)C1. The van der Waals surface area contributed by atoms with Crippen molar-refractivity contribution in [3.8, 4) is 0 Å². The molecule has 0 unspecified atom stereocenters. The van der Waals surface area contributed by atoms with E-state index >= 15 is 0 Å². The molecule has 100 valence electrons. The highest BCUT2D eigenvalue weighted by Crippen LogP contribution is 2.51. The number of ketones is 1. The number of fused-ring (bicyclic) bond motifs is 1. The fourth-order valence-corrected chi connectivity index (χ4v) is 3.37. The van der Waals surface area contributed by atoms with E-state index in [4.69, 9.17) is 4.74 Å². The zero-order chi connectivity index (χ0) is 13.3. The summed E-state index contributed by atoms with van der Waals surface area (Å²) >= 11 is 0. The van der Waals surface area contributed by atoms with Crippen molar-refractivity contribution in [1.82, 2.24) is 0 Å². The third-order valence-corrected chi connectivity index (χ3v) is 4.79. The largest absolute Gasteiger partial charge is 0.466 e. The van der Waals surface area contributed by atoms with E-state index in [0.29, 0.717) is 24.7 Å². The normalized spacial score (nSPS) is 39.3. The summed E-state index contributed by atoms with van der Waals surface area (Å²) < 4.78 is 5.09. The minimum absolute atomic E-state index is 0.00748. The van der Waals surface area contributed by atoms with Gasteiger partial charge in [-0.1, -0.05) is 26.0 Å². The van der Waals surface area contributed by atoms with Gasteiger partial charge in [0.2, 0.25) is 0 Å². The Morgan fingerprint density at radius 3 is 2.89 bits per heavy atom. The quantitative estimate of drug-likeness (QED) is 0.559. The first-order chi connectivity index (χ1) is 8.49. The maximum atomic E-state index is 12.0. The summed E-state index contributed by atoms with van der Waals surface area (Å²) in [5.74, 6) is 0.460. The van der Waals surface area contributed by atoms with Gasteiger partial charge in [0.15, 0.2) is 0 Å². The summed E-state index contributed by atoms with van der Waals surface area (Å²) in [5, 5.41) is 0. The van der Waals surface area contributed by atoms with Crippen LogP contribution < -0.4 is 0 Å². The molecule has 0 aromatic rings. The standard InChI is InChI=1S/C15H22O3/c1-4-18-14(17)11-6-7-12-13(16)8-5-10(2)15(12,3)9-11/h6-7,10-12H,4-5,8-9H2,1-3H3/t10-,11+,12-,15+/m1/s1. The van der Waals surface area contributed by atoms with E-state index in [1.807, 2.05) is 19.1 Å². The van der Waals surface area contributed by atoms with Crippen LogP contribution in [0, 0.1) is 23.2 Å². The Bertz CT molecular complexity index is 385.